The van der Waals surface area contributed by atoms with Gasteiger partial charge in [0.2, 0.25) is 0 Å². The van der Waals surface area contributed by atoms with Gasteiger partial charge in [0.15, 0.2) is 0 Å². The van der Waals surface area contributed by atoms with Crippen LogP contribution in [0, 0.1) is 0 Å². The van der Waals surface area contributed by atoms with Gasteiger partial charge >= 0.3 is 0 Å². The van der Waals surface area contributed by atoms with Gasteiger partial charge in [0.05, 0.1) is 0 Å². The zero-order valence-corrected chi connectivity index (χ0v) is 11.8. The number of nitrogens with one attached hydrogen (secondary N) is 1. The van der Waals surface area contributed by atoms with Gasteiger partial charge in [0, 0.05) is 36.4 Å². The van der Waals surface area contributed by atoms with E-state index in [1.165, 1.54) is 0 Å². The van der Waals surface area contributed by atoms with Crippen LogP contribution in [0.1, 0.15) is 36.0 Å². The first-order valence-electron chi connectivity index (χ1n) is 7.25. The fraction of sp³-hybridized carbons (Fsp3) is 0.438. The third-order valence-electron chi connectivity index (χ3n) is 4.41. The Morgan fingerprint density at radius 2 is 2.00 bits per heavy atom. The minimum atomic E-state index is 0.0990. The largest absolute Gasteiger partial charge is 0.361 e. The van der Waals surface area contributed by atoms with Crippen molar-refractivity contribution in [1.82, 2.24) is 9.88 Å². The highest BCUT2D eigenvalue weighted by Crippen LogP contribution is 2.23. The Bertz CT molecular complexity index is 611. The average Bonchev–Trinajstić information content (AvgIpc) is 2.94. The van der Waals surface area contributed by atoms with Crippen LogP contribution in [-0.4, -0.2) is 34.9 Å². The Hall–Kier alpha value is -1.81. The maximum atomic E-state index is 12.6. The van der Waals surface area contributed by atoms with Crippen LogP contribution in [0.5, 0.6) is 0 Å². The predicted molar refractivity (Wildman–Crippen MR) is 80.6 cm³/mol. The van der Waals surface area contributed by atoms with Gasteiger partial charge in [-0.25, -0.2) is 0 Å². The predicted octanol–water partition coefficient (Wildman–Crippen LogP) is 2.51. The molecule has 1 fully saturated rings. The van der Waals surface area contributed by atoms with Crippen molar-refractivity contribution in [3.05, 3.63) is 36.0 Å². The molecular weight excluding hydrogens is 250 g/mol. The van der Waals surface area contributed by atoms with E-state index in [1.54, 1.807) is 0 Å². The normalized spacial score (nSPS) is 22.9. The van der Waals surface area contributed by atoms with Gasteiger partial charge in [-0.05, 0) is 49.3 Å². The Kier molecular flexibility index (Phi) is 3.49. The van der Waals surface area contributed by atoms with Crippen LogP contribution in [0.4, 0.5) is 0 Å². The molecule has 1 aliphatic rings. The number of nitrogens with two attached hydrogens (primary N) is 1. The number of fused-ring (bicyclic) bond motifs is 1. The lowest BCUT2D eigenvalue weighted by molar-refractivity contribution is 0.0690. The number of nitrogens with zero attached hydrogens (tertiary/aromatic N) is 1. The molecule has 0 atom stereocenters. The van der Waals surface area contributed by atoms with Crippen LogP contribution >= 0.6 is 0 Å². The molecule has 20 heavy (non-hydrogen) atoms. The Morgan fingerprint density at radius 3 is 2.75 bits per heavy atom. The Labute approximate surface area is 118 Å². The molecule has 0 saturated heterocycles. The Balaban J connectivity index is 1.77. The highest BCUT2D eigenvalue weighted by atomic mass is 16.2. The maximum Gasteiger partial charge on any atom is 0.253 e. The molecule has 1 saturated carbocycles. The minimum Gasteiger partial charge on any atom is -0.361 e. The molecule has 0 spiro atoms. The maximum absolute atomic E-state index is 12.6. The van der Waals surface area contributed by atoms with Crippen molar-refractivity contribution in [2.45, 2.75) is 37.8 Å². The van der Waals surface area contributed by atoms with E-state index in [0.29, 0.717) is 12.1 Å². The lowest BCUT2D eigenvalue weighted by Gasteiger charge is -2.33. The van der Waals surface area contributed by atoms with E-state index in [9.17, 15) is 4.79 Å². The molecule has 4 nitrogen and oxygen atoms in total. The summed E-state index contributed by atoms with van der Waals surface area (Å²) < 4.78 is 0. The van der Waals surface area contributed by atoms with Crippen LogP contribution in [-0.2, 0) is 0 Å². The summed E-state index contributed by atoms with van der Waals surface area (Å²) in [7, 11) is 1.91. The van der Waals surface area contributed by atoms with Gasteiger partial charge in [-0.3, -0.25) is 4.79 Å². The second-order valence-corrected chi connectivity index (χ2v) is 5.76. The van der Waals surface area contributed by atoms with E-state index in [0.717, 1.165) is 42.1 Å². The molecule has 1 heterocycles. The number of hydrogen-bond acceptors (Lipinski definition) is 2. The topological polar surface area (TPSA) is 62.1 Å². The number of amides is 1. The molecule has 1 aromatic carbocycles. The van der Waals surface area contributed by atoms with Crippen LogP contribution in [0.3, 0.4) is 0 Å². The number of aromatic nitrogens is 1. The molecule has 3 N–H and O–H groups in total. The zero-order valence-electron chi connectivity index (χ0n) is 11.8. The molecule has 2 aromatic rings. The van der Waals surface area contributed by atoms with E-state index in [1.807, 2.05) is 42.4 Å². The molecule has 0 aliphatic heterocycles. The number of hydrogen-bond donors (Lipinski definition) is 2. The quantitative estimate of drug-likeness (QED) is 0.881. The monoisotopic (exact) mass is 271 g/mol. The minimum absolute atomic E-state index is 0.0990. The third-order valence-corrected chi connectivity index (χ3v) is 4.41. The zero-order chi connectivity index (χ0) is 14.1. The fourth-order valence-corrected chi connectivity index (χ4v) is 3.04. The SMILES string of the molecule is CN(C(=O)c1ccc2cc[nH]c2c1)C1CCC(N)CC1. The molecule has 1 amide bonds. The van der Waals surface area contributed by atoms with Crippen LogP contribution in [0.2, 0.25) is 0 Å². The number of benzene rings is 1. The summed E-state index contributed by atoms with van der Waals surface area (Å²) in [6.45, 7) is 0. The molecule has 1 aromatic heterocycles. The number of aromatic amines is 1. The summed E-state index contributed by atoms with van der Waals surface area (Å²) in [5.41, 5.74) is 7.68. The molecule has 1 aliphatic carbocycles. The number of H-pyrrole nitrogens is 1. The van der Waals surface area contributed by atoms with E-state index < -0.39 is 0 Å². The lowest BCUT2D eigenvalue weighted by atomic mass is 9.90. The van der Waals surface area contributed by atoms with Crippen LogP contribution in [0.25, 0.3) is 10.9 Å². The first-order valence-corrected chi connectivity index (χ1v) is 7.25. The van der Waals surface area contributed by atoms with E-state index >= 15 is 0 Å². The van der Waals surface area contributed by atoms with Crippen molar-refractivity contribution >= 4 is 16.8 Å². The summed E-state index contributed by atoms with van der Waals surface area (Å²) in [4.78, 5) is 17.6. The highest BCUT2D eigenvalue weighted by Gasteiger charge is 2.25. The average molecular weight is 271 g/mol. The summed E-state index contributed by atoms with van der Waals surface area (Å²) in [5.74, 6) is 0.0990. The van der Waals surface area contributed by atoms with Crippen molar-refractivity contribution in [3.63, 3.8) is 0 Å². The summed E-state index contributed by atoms with van der Waals surface area (Å²) in [5, 5.41) is 1.13. The first-order chi connectivity index (χ1) is 9.65. The van der Waals surface area contributed by atoms with Gasteiger partial charge in [-0.2, -0.15) is 0 Å². The van der Waals surface area contributed by atoms with Gasteiger partial charge < -0.3 is 15.6 Å². The molecule has 106 valence electrons. The fourth-order valence-electron chi connectivity index (χ4n) is 3.04. The van der Waals surface area contributed by atoms with Crippen molar-refractivity contribution in [2.24, 2.45) is 5.73 Å². The van der Waals surface area contributed by atoms with E-state index in [2.05, 4.69) is 4.98 Å². The second kappa shape index (κ2) is 5.29. The van der Waals surface area contributed by atoms with Crippen LogP contribution in [0.15, 0.2) is 30.5 Å². The van der Waals surface area contributed by atoms with E-state index in [4.69, 9.17) is 5.73 Å². The Morgan fingerprint density at radius 1 is 1.25 bits per heavy atom. The number of carbonyl (C=O) groups is 1. The van der Waals surface area contributed by atoms with E-state index in [-0.39, 0.29) is 5.91 Å². The van der Waals surface area contributed by atoms with Crippen molar-refractivity contribution in [3.8, 4) is 0 Å². The first kappa shape index (κ1) is 13.2. The van der Waals surface area contributed by atoms with Crippen molar-refractivity contribution < 1.29 is 4.79 Å². The molecule has 0 radical (unpaired) electrons. The number of rotatable bonds is 2. The molecule has 0 unspecified atom stereocenters. The lowest BCUT2D eigenvalue weighted by Crippen LogP contribution is -2.41. The standard InChI is InChI=1S/C16H21N3O/c1-19(14-6-4-13(17)5-7-14)16(20)12-3-2-11-8-9-18-15(11)10-12/h2-3,8-10,13-14,18H,4-7,17H2,1H3. The second-order valence-electron chi connectivity index (χ2n) is 5.76. The summed E-state index contributed by atoms with van der Waals surface area (Å²) >= 11 is 0. The molecular formula is C16H21N3O. The summed E-state index contributed by atoms with van der Waals surface area (Å²) in [6.07, 6.45) is 5.93. The molecule has 3 rings (SSSR count). The van der Waals surface area contributed by atoms with Gasteiger partial charge in [-0.1, -0.05) is 6.07 Å². The third kappa shape index (κ3) is 2.43. The highest BCUT2D eigenvalue weighted by molar-refractivity contribution is 5.97. The van der Waals surface area contributed by atoms with Crippen molar-refractivity contribution in [1.29, 1.82) is 0 Å². The molecule has 0 bridgehead atoms. The number of carbonyl (C=O) groups excluding carboxylic acids is 1. The summed E-state index contributed by atoms with van der Waals surface area (Å²) in [6, 6.07) is 8.47. The van der Waals surface area contributed by atoms with Gasteiger partial charge in [-0.15, -0.1) is 0 Å². The van der Waals surface area contributed by atoms with Crippen LogP contribution < -0.4 is 5.73 Å². The molecule has 4 heteroatoms. The smallest absolute Gasteiger partial charge is 0.253 e. The van der Waals surface area contributed by atoms with Crippen molar-refractivity contribution in [2.75, 3.05) is 7.05 Å². The van der Waals surface area contributed by atoms with Gasteiger partial charge in [0.25, 0.3) is 5.91 Å². The van der Waals surface area contributed by atoms with Gasteiger partial charge in [0.1, 0.15) is 0 Å².